The zero-order chi connectivity index (χ0) is 17.4. The van der Waals surface area contributed by atoms with Gasteiger partial charge in [-0.25, -0.2) is 4.79 Å². The van der Waals surface area contributed by atoms with Crippen LogP contribution in [0.1, 0.15) is 5.56 Å². The molecule has 2 rings (SSSR count). The molecular formula is C21H19NO2. The SMILES string of the molecule is C#C/C=C(\C=C)COC(=O)Nc1ccc(-c2cccc(C)c2)cc1. The van der Waals surface area contributed by atoms with Crippen LogP contribution in [0.5, 0.6) is 0 Å². The van der Waals surface area contributed by atoms with Gasteiger partial charge in [-0.2, -0.15) is 0 Å². The molecule has 0 saturated heterocycles. The van der Waals surface area contributed by atoms with Crippen LogP contribution in [-0.4, -0.2) is 12.7 Å². The number of rotatable bonds is 5. The molecule has 1 N–H and O–H groups in total. The van der Waals surface area contributed by atoms with E-state index in [1.807, 2.05) is 30.3 Å². The number of benzene rings is 2. The molecule has 120 valence electrons. The van der Waals surface area contributed by atoms with Crippen LogP contribution in [0.25, 0.3) is 11.1 Å². The van der Waals surface area contributed by atoms with Gasteiger partial charge in [0.2, 0.25) is 0 Å². The van der Waals surface area contributed by atoms with Gasteiger partial charge in [0, 0.05) is 5.69 Å². The standard InChI is InChI=1S/C21H19NO2/c1-4-7-17(5-2)15-24-21(23)22-20-12-10-18(11-13-20)19-9-6-8-16(3)14-19/h1,5-14H,2,15H2,3H3,(H,22,23)/b17-7+. The number of carbonyl (C=O) groups excluding carboxylic acids is 1. The highest BCUT2D eigenvalue weighted by Crippen LogP contribution is 2.22. The molecule has 1 amide bonds. The van der Waals surface area contributed by atoms with Gasteiger partial charge in [-0.15, -0.1) is 6.42 Å². The minimum Gasteiger partial charge on any atom is -0.444 e. The minimum absolute atomic E-state index is 0.0842. The Labute approximate surface area is 142 Å². The van der Waals surface area contributed by atoms with E-state index in [0.717, 1.165) is 11.1 Å². The Bertz CT molecular complexity index is 795. The van der Waals surface area contributed by atoms with Crippen molar-refractivity contribution in [2.75, 3.05) is 11.9 Å². The summed E-state index contributed by atoms with van der Waals surface area (Å²) in [6.45, 7) is 5.75. The molecule has 0 saturated carbocycles. The monoisotopic (exact) mass is 317 g/mol. The summed E-state index contributed by atoms with van der Waals surface area (Å²) in [6, 6.07) is 15.8. The van der Waals surface area contributed by atoms with E-state index in [1.54, 1.807) is 6.08 Å². The first kappa shape index (κ1) is 17.1. The molecule has 24 heavy (non-hydrogen) atoms. The number of hydrogen-bond donors (Lipinski definition) is 1. The molecule has 0 fully saturated rings. The molecule has 0 aliphatic heterocycles. The maximum atomic E-state index is 11.8. The number of nitrogens with one attached hydrogen (secondary N) is 1. The van der Waals surface area contributed by atoms with Crippen molar-refractivity contribution in [2.24, 2.45) is 0 Å². The van der Waals surface area contributed by atoms with Crippen LogP contribution >= 0.6 is 0 Å². The summed E-state index contributed by atoms with van der Waals surface area (Å²) in [5.74, 6) is 2.37. The van der Waals surface area contributed by atoms with Crippen molar-refractivity contribution < 1.29 is 9.53 Å². The normalized spacial score (nSPS) is 10.6. The number of carbonyl (C=O) groups is 1. The van der Waals surface area contributed by atoms with Crippen LogP contribution in [0, 0.1) is 19.3 Å². The van der Waals surface area contributed by atoms with Crippen LogP contribution in [0.2, 0.25) is 0 Å². The summed E-state index contributed by atoms with van der Waals surface area (Å²) in [7, 11) is 0. The van der Waals surface area contributed by atoms with Gasteiger partial charge in [0.05, 0.1) is 0 Å². The number of amides is 1. The largest absolute Gasteiger partial charge is 0.444 e. The summed E-state index contributed by atoms with van der Waals surface area (Å²) in [5.41, 5.74) is 4.76. The fourth-order valence-electron chi connectivity index (χ4n) is 2.14. The maximum absolute atomic E-state index is 11.8. The first-order valence-corrected chi connectivity index (χ1v) is 7.51. The molecule has 0 spiro atoms. The number of allylic oxidation sites excluding steroid dienone is 1. The third-order valence-corrected chi connectivity index (χ3v) is 3.38. The second-order valence-electron chi connectivity index (χ2n) is 5.24. The van der Waals surface area contributed by atoms with E-state index in [-0.39, 0.29) is 6.61 Å². The van der Waals surface area contributed by atoms with Crippen molar-refractivity contribution in [1.82, 2.24) is 0 Å². The van der Waals surface area contributed by atoms with E-state index in [2.05, 4.69) is 42.9 Å². The number of hydrogen-bond acceptors (Lipinski definition) is 2. The summed E-state index contributed by atoms with van der Waals surface area (Å²) < 4.78 is 5.10. The predicted octanol–water partition coefficient (Wildman–Crippen LogP) is 4.96. The molecule has 0 radical (unpaired) electrons. The van der Waals surface area contributed by atoms with Gasteiger partial charge in [-0.3, -0.25) is 5.32 Å². The van der Waals surface area contributed by atoms with Crippen LogP contribution < -0.4 is 5.32 Å². The number of ether oxygens (including phenoxy) is 1. The zero-order valence-corrected chi connectivity index (χ0v) is 13.6. The second-order valence-corrected chi connectivity index (χ2v) is 5.24. The predicted molar refractivity (Wildman–Crippen MR) is 98.7 cm³/mol. The molecule has 2 aromatic rings. The number of anilines is 1. The highest BCUT2D eigenvalue weighted by molar-refractivity contribution is 5.85. The molecule has 3 nitrogen and oxygen atoms in total. The molecule has 0 aliphatic rings. The Morgan fingerprint density at radius 1 is 1.25 bits per heavy atom. The van der Waals surface area contributed by atoms with E-state index in [9.17, 15) is 4.79 Å². The van der Waals surface area contributed by atoms with Crippen LogP contribution in [0.3, 0.4) is 0 Å². The Morgan fingerprint density at radius 2 is 2.00 bits per heavy atom. The fraction of sp³-hybridized carbons (Fsp3) is 0.0952. The Balaban J connectivity index is 1.96. The first-order valence-electron chi connectivity index (χ1n) is 7.51. The van der Waals surface area contributed by atoms with Gasteiger partial charge in [0.1, 0.15) is 6.61 Å². The maximum Gasteiger partial charge on any atom is 0.411 e. The summed E-state index contributed by atoms with van der Waals surface area (Å²) >= 11 is 0. The smallest absolute Gasteiger partial charge is 0.411 e. The second kappa shape index (κ2) is 8.40. The lowest BCUT2D eigenvalue weighted by Gasteiger charge is -2.08. The van der Waals surface area contributed by atoms with Gasteiger partial charge < -0.3 is 4.74 Å². The highest BCUT2D eigenvalue weighted by atomic mass is 16.5. The van der Waals surface area contributed by atoms with Crippen molar-refractivity contribution in [1.29, 1.82) is 0 Å². The van der Waals surface area contributed by atoms with E-state index in [4.69, 9.17) is 11.2 Å². The summed E-state index contributed by atoms with van der Waals surface area (Å²) in [5, 5.41) is 2.68. The third kappa shape index (κ3) is 4.89. The molecular weight excluding hydrogens is 298 g/mol. The molecule has 0 atom stereocenters. The topological polar surface area (TPSA) is 38.3 Å². The summed E-state index contributed by atoms with van der Waals surface area (Å²) in [6.07, 6.45) is 7.71. The van der Waals surface area contributed by atoms with Crippen molar-refractivity contribution in [3.63, 3.8) is 0 Å². The van der Waals surface area contributed by atoms with Crippen molar-refractivity contribution >= 4 is 11.8 Å². The van der Waals surface area contributed by atoms with Gasteiger partial charge in [0.25, 0.3) is 0 Å². The van der Waals surface area contributed by atoms with Gasteiger partial charge in [-0.05, 0) is 41.8 Å². The lowest BCUT2D eigenvalue weighted by molar-refractivity contribution is 0.172. The summed E-state index contributed by atoms with van der Waals surface area (Å²) in [4.78, 5) is 11.8. The fourth-order valence-corrected chi connectivity index (χ4v) is 2.14. The van der Waals surface area contributed by atoms with E-state index < -0.39 is 6.09 Å². The minimum atomic E-state index is -0.539. The molecule has 0 heterocycles. The Kier molecular flexibility index (Phi) is 5.99. The lowest BCUT2D eigenvalue weighted by atomic mass is 10.0. The number of aryl methyl sites for hydroxylation is 1. The number of terminal acetylenes is 1. The van der Waals surface area contributed by atoms with Crippen LogP contribution in [0.15, 0.2) is 72.8 Å². The zero-order valence-electron chi connectivity index (χ0n) is 13.6. The van der Waals surface area contributed by atoms with Crippen LogP contribution in [0.4, 0.5) is 10.5 Å². The van der Waals surface area contributed by atoms with Crippen molar-refractivity contribution in [3.05, 3.63) is 78.4 Å². The Morgan fingerprint density at radius 3 is 2.62 bits per heavy atom. The molecule has 0 aliphatic carbocycles. The molecule has 0 bridgehead atoms. The van der Waals surface area contributed by atoms with E-state index in [0.29, 0.717) is 11.3 Å². The van der Waals surface area contributed by atoms with Gasteiger partial charge in [-0.1, -0.05) is 60.5 Å². The average molecular weight is 317 g/mol. The van der Waals surface area contributed by atoms with Crippen molar-refractivity contribution in [3.8, 4) is 23.5 Å². The quantitative estimate of drug-likeness (QED) is 0.625. The van der Waals surface area contributed by atoms with Crippen molar-refractivity contribution in [2.45, 2.75) is 6.92 Å². The molecule has 0 aromatic heterocycles. The molecule has 2 aromatic carbocycles. The van der Waals surface area contributed by atoms with E-state index >= 15 is 0 Å². The highest BCUT2D eigenvalue weighted by Gasteiger charge is 2.05. The third-order valence-electron chi connectivity index (χ3n) is 3.38. The Hall–Kier alpha value is -3.25. The average Bonchev–Trinajstić information content (AvgIpc) is 2.59. The first-order chi connectivity index (χ1) is 11.6. The van der Waals surface area contributed by atoms with Gasteiger partial charge in [0.15, 0.2) is 0 Å². The van der Waals surface area contributed by atoms with Crippen LogP contribution in [-0.2, 0) is 4.74 Å². The van der Waals surface area contributed by atoms with Gasteiger partial charge >= 0.3 is 6.09 Å². The molecule has 0 unspecified atom stereocenters. The molecule has 3 heteroatoms. The lowest BCUT2D eigenvalue weighted by Crippen LogP contribution is -2.14. The van der Waals surface area contributed by atoms with E-state index in [1.165, 1.54) is 11.6 Å².